The molecular weight excluding hydrogens is 238 g/mol. The van der Waals surface area contributed by atoms with Gasteiger partial charge in [0.05, 0.1) is 11.3 Å². The Morgan fingerprint density at radius 2 is 2.06 bits per heavy atom. The van der Waals surface area contributed by atoms with Crippen molar-refractivity contribution in [1.29, 1.82) is 0 Å². The minimum atomic E-state index is -0.886. The number of amides is 1. The first kappa shape index (κ1) is 12.2. The molecule has 0 aliphatic rings. The summed E-state index contributed by atoms with van der Waals surface area (Å²) in [5, 5.41) is 2.31. The number of nitrogens with zero attached hydrogens (tertiary/aromatic N) is 1. The molecule has 3 nitrogen and oxygen atoms in total. The molecule has 1 N–H and O–H groups in total. The lowest BCUT2D eigenvalue weighted by molar-refractivity contribution is 0.102. The number of benzene rings is 1. The maximum atomic E-state index is 13.4. The van der Waals surface area contributed by atoms with Crippen molar-refractivity contribution in [3.05, 3.63) is 59.4 Å². The molecule has 0 radical (unpaired) electrons. The van der Waals surface area contributed by atoms with E-state index in [1.54, 1.807) is 13.0 Å². The molecule has 0 aliphatic carbocycles. The zero-order valence-corrected chi connectivity index (χ0v) is 9.58. The molecule has 0 bridgehead atoms. The molecule has 92 valence electrons. The normalized spacial score (nSPS) is 10.2. The molecule has 1 amide bonds. The Labute approximate surface area is 102 Å². The highest BCUT2D eigenvalue weighted by molar-refractivity contribution is 6.04. The van der Waals surface area contributed by atoms with Gasteiger partial charge >= 0.3 is 0 Å². The summed E-state index contributed by atoms with van der Waals surface area (Å²) in [7, 11) is 0. The van der Waals surface area contributed by atoms with Crippen LogP contribution in [0.1, 0.15) is 15.9 Å². The molecule has 2 aromatic rings. The number of aromatic nitrogens is 1. The van der Waals surface area contributed by atoms with E-state index in [0.717, 1.165) is 5.56 Å². The van der Waals surface area contributed by atoms with Gasteiger partial charge < -0.3 is 5.32 Å². The number of carbonyl (C=O) groups excluding carboxylic acids is 1. The van der Waals surface area contributed by atoms with E-state index in [4.69, 9.17) is 0 Å². The number of rotatable bonds is 2. The average Bonchev–Trinajstić information content (AvgIpc) is 2.34. The fourth-order valence-electron chi connectivity index (χ4n) is 1.48. The Bertz CT molecular complexity index is 599. The van der Waals surface area contributed by atoms with Gasteiger partial charge in [0.2, 0.25) is 5.95 Å². The van der Waals surface area contributed by atoms with E-state index in [-0.39, 0.29) is 11.3 Å². The molecule has 0 saturated heterocycles. The van der Waals surface area contributed by atoms with Crippen LogP contribution in [0.25, 0.3) is 0 Å². The Hall–Kier alpha value is -2.30. The van der Waals surface area contributed by atoms with Crippen LogP contribution in [-0.4, -0.2) is 10.9 Å². The topological polar surface area (TPSA) is 42.0 Å². The average molecular weight is 248 g/mol. The lowest BCUT2D eigenvalue weighted by Crippen LogP contribution is -2.15. The summed E-state index contributed by atoms with van der Waals surface area (Å²) in [4.78, 5) is 15.1. The minimum Gasteiger partial charge on any atom is -0.319 e. The predicted octanol–water partition coefficient (Wildman–Crippen LogP) is 2.92. The second-order valence-corrected chi connectivity index (χ2v) is 3.78. The fourth-order valence-corrected chi connectivity index (χ4v) is 1.48. The summed E-state index contributed by atoms with van der Waals surface area (Å²) in [5.41, 5.74) is 0.583. The SMILES string of the molecule is Cc1ccc(F)c(NC(=O)c2cccnc2F)c1. The van der Waals surface area contributed by atoms with Crippen molar-refractivity contribution in [2.24, 2.45) is 0 Å². The number of nitrogens with one attached hydrogen (secondary N) is 1. The van der Waals surface area contributed by atoms with Crippen LogP contribution in [0, 0.1) is 18.7 Å². The molecule has 1 aromatic carbocycles. The zero-order chi connectivity index (χ0) is 13.1. The lowest BCUT2D eigenvalue weighted by Gasteiger charge is -2.07. The number of anilines is 1. The summed E-state index contributed by atoms with van der Waals surface area (Å²) in [6.07, 6.45) is 1.24. The summed E-state index contributed by atoms with van der Waals surface area (Å²) in [6, 6.07) is 7.01. The van der Waals surface area contributed by atoms with Crippen LogP contribution in [-0.2, 0) is 0 Å². The van der Waals surface area contributed by atoms with Crippen molar-refractivity contribution >= 4 is 11.6 Å². The molecule has 0 spiro atoms. The quantitative estimate of drug-likeness (QED) is 0.830. The van der Waals surface area contributed by atoms with Crippen LogP contribution in [0.15, 0.2) is 36.5 Å². The Morgan fingerprint density at radius 1 is 1.28 bits per heavy atom. The summed E-state index contributed by atoms with van der Waals surface area (Å²) < 4.78 is 26.7. The first-order valence-corrected chi connectivity index (χ1v) is 5.26. The highest BCUT2D eigenvalue weighted by Crippen LogP contribution is 2.17. The van der Waals surface area contributed by atoms with E-state index in [1.165, 1.54) is 30.5 Å². The molecule has 0 unspecified atom stereocenters. The first-order valence-electron chi connectivity index (χ1n) is 5.26. The maximum Gasteiger partial charge on any atom is 0.260 e. The van der Waals surface area contributed by atoms with Gasteiger partial charge in [0.25, 0.3) is 5.91 Å². The second-order valence-electron chi connectivity index (χ2n) is 3.78. The molecule has 0 fully saturated rings. The zero-order valence-electron chi connectivity index (χ0n) is 9.58. The maximum absolute atomic E-state index is 13.4. The van der Waals surface area contributed by atoms with Crippen LogP contribution >= 0.6 is 0 Å². The van der Waals surface area contributed by atoms with Gasteiger partial charge in [-0.05, 0) is 36.8 Å². The molecule has 0 atom stereocenters. The second kappa shape index (κ2) is 4.91. The van der Waals surface area contributed by atoms with Crippen LogP contribution in [0.5, 0.6) is 0 Å². The monoisotopic (exact) mass is 248 g/mol. The van der Waals surface area contributed by atoms with E-state index in [1.807, 2.05) is 0 Å². The third-order valence-corrected chi connectivity index (χ3v) is 2.37. The number of pyridine rings is 1. The van der Waals surface area contributed by atoms with Gasteiger partial charge in [-0.3, -0.25) is 4.79 Å². The molecule has 1 aromatic heterocycles. The molecular formula is C13H10F2N2O. The highest BCUT2D eigenvalue weighted by atomic mass is 19.1. The number of hydrogen-bond acceptors (Lipinski definition) is 2. The smallest absolute Gasteiger partial charge is 0.260 e. The van der Waals surface area contributed by atoms with Crippen LogP contribution in [0.2, 0.25) is 0 Å². The van der Waals surface area contributed by atoms with Crippen LogP contribution in [0.4, 0.5) is 14.5 Å². The Morgan fingerprint density at radius 3 is 2.78 bits per heavy atom. The third-order valence-electron chi connectivity index (χ3n) is 2.37. The molecule has 5 heteroatoms. The van der Waals surface area contributed by atoms with Crippen molar-refractivity contribution in [2.75, 3.05) is 5.32 Å². The molecule has 2 rings (SSSR count). The minimum absolute atomic E-state index is 0.0169. The largest absolute Gasteiger partial charge is 0.319 e. The standard InChI is InChI=1S/C13H10F2N2O/c1-8-4-5-10(14)11(7-8)17-13(18)9-3-2-6-16-12(9)15/h2-7H,1H3,(H,17,18). The van der Waals surface area contributed by atoms with E-state index < -0.39 is 17.7 Å². The van der Waals surface area contributed by atoms with Crippen molar-refractivity contribution in [3.8, 4) is 0 Å². The van der Waals surface area contributed by atoms with Gasteiger partial charge in [0.1, 0.15) is 5.82 Å². The Kier molecular flexibility index (Phi) is 3.32. The van der Waals surface area contributed by atoms with Crippen LogP contribution in [0.3, 0.4) is 0 Å². The van der Waals surface area contributed by atoms with Crippen molar-refractivity contribution < 1.29 is 13.6 Å². The van der Waals surface area contributed by atoms with Gasteiger partial charge in [0, 0.05) is 6.20 Å². The highest BCUT2D eigenvalue weighted by Gasteiger charge is 2.13. The molecule has 1 heterocycles. The summed E-state index contributed by atoms with van der Waals surface area (Å²) in [5.74, 6) is -2.19. The van der Waals surface area contributed by atoms with Crippen molar-refractivity contribution in [3.63, 3.8) is 0 Å². The van der Waals surface area contributed by atoms with Gasteiger partial charge in [-0.1, -0.05) is 6.07 Å². The van der Waals surface area contributed by atoms with E-state index in [0.29, 0.717) is 0 Å². The lowest BCUT2D eigenvalue weighted by atomic mass is 10.2. The fraction of sp³-hybridized carbons (Fsp3) is 0.0769. The number of hydrogen-bond donors (Lipinski definition) is 1. The Balaban J connectivity index is 2.27. The number of halogens is 2. The van der Waals surface area contributed by atoms with Crippen LogP contribution < -0.4 is 5.32 Å². The van der Waals surface area contributed by atoms with Gasteiger partial charge in [0.15, 0.2) is 0 Å². The van der Waals surface area contributed by atoms with Gasteiger partial charge in [-0.25, -0.2) is 9.37 Å². The predicted molar refractivity (Wildman–Crippen MR) is 63.3 cm³/mol. The van der Waals surface area contributed by atoms with Gasteiger partial charge in [-0.15, -0.1) is 0 Å². The molecule has 0 aliphatic heterocycles. The number of carbonyl (C=O) groups is 1. The van der Waals surface area contributed by atoms with Gasteiger partial charge in [-0.2, -0.15) is 4.39 Å². The molecule has 0 saturated carbocycles. The van der Waals surface area contributed by atoms with E-state index in [2.05, 4.69) is 10.3 Å². The molecule has 18 heavy (non-hydrogen) atoms. The van der Waals surface area contributed by atoms with Crippen molar-refractivity contribution in [2.45, 2.75) is 6.92 Å². The number of aryl methyl sites for hydroxylation is 1. The summed E-state index contributed by atoms with van der Waals surface area (Å²) in [6.45, 7) is 1.76. The summed E-state index contributed by atoms with van der Waals surface area (Å²) >= 11 is 0. The van der Waals surface area contributed by atoms with Crippen molar-refractivity contribution in [1.82, 2.24) is 4.98 Å². The first-order chi connectivity index (χ1) is 8.58. The third kappa shape index (κ3) is 2.51. The van der Waals surface area contributed by atoms with E-state index >= 15 is 0 Å². The van der Waals surface area contributed by atoms with E-state index in [9.17, 15) is 13.6 Å².